The van der Waals surface area contributed by atoms with Crippen molar-refractivity contribution < 1.29 is 17.9 Å². The molecule has 0 saturated heterocycles. The van der Waals surface area contributed by atoms with Gasteiger partial charge in [0, 0.05) is 17.8 Å². The van der Waals surface area contributed by atoms with E-state index in [-0.39, 0.29) is 11.4 Å². The van der Waals surface area contributed by atoms with Gasteiger partial charge in [-0.15, -0.1) is 0 Å². The van der Waals surface area contributed by atoms with Gasteiger partial charge >= 0.3 is 0 Å². The third-order valence-electron chi connectivity index (χ3n) is 3.12. The second kappa shape index (κ2) is 7.77. The summed E-state index contributed by atoms with van der Waals surface area (Å²) in [7, 11) is 0. The van der Waals surface area contributed by atoms with Crippen LogP contribution in [0.25, 0.3) is 11.4 Å². The predicted molar refractivity (Wildman–Crippen MR) is 77.0 cm³/mol. The van der Waals surface area contributed by atoms with Gasteiger partial charge in [-0.1, -0.05) is 26.2 Å². The van der Waals surface area contributed by atoms with Crippen molar-refractivity contribution in [2.45, 2.75) is 32.6 Å². The number of hydrogen-bond donors (Lipinski definition) is 0. The molecule has 0 atom stereocenters. The number of halogens is 3. The summed E-state index contributed by atoms with van der Waals surface area (Å²) in [5.74, 6) is -3.64. The Bertz CT molecular complexity index is 612. The lowest BCUT2D eigenvalue weighted by molar-refractivity contribution is 0.293. The van der Waals surface area contributed by atoms with Crippen LogP contribution in [0.15, 0.2) is 24.4 Å². The molecule has 118 valence electrons. The number of hydrogen-bond acceptors (Lipinski definition) is 3. The lowest BCUT2D eigenvalue weighted by Gasteiger charge is -2.07. The highest BCUT2D eigenvalue weighted by Gasteiger charge is 2.13. The number of ether oxygens (including phenoxy) is 1. The molecule has 0 fully saturated rings. The summed E-state index contributed by atoms with van der Waals surface area (Å²) in [6.45, 7) is 2.64. The van der Waals surface area contributed by atoms with E-state index in [4.69, 9.17) is 4.74 Å². The molecule has 0 N–H and O–H groups in total. The van der Waals surface area contributed by atoms with E-state index in [1.165, 1.54) is 6.20 Å². The topological polar surface area (TPSA) is 35.0 Å². The van der Waals surface area contributed by atoms with Crippen LogP contribution in [0, 0.1) is 17.5 Å². The Morgan fingerprint density at radius 2 is 1.77 bits per heavy atom. The standard InChI is InChI=1S/C16H17F3N2O/c1-2-3-4-5-8-22-14-6-7-20-16(21-14)11-9-12(17)15(19)13(18)10-11/h6-7,9-10H,2-5,8H2,1H3. The number of aromatic nitrogens is 2. The van der Waals surface area contributed by atoms with E-state index < -0.39 is 17.5 Å². The molecule has 0 saturated carbocycles. The first-order valence-corrected chi connectivity index (χ1v) is 7.22. The van der Waals surface area contributed by atoms with E-state index in [0.29, 0.717) is 12.5 Å². The normalized spacial score (nSPS) is 10.7. The number of nitrogens with zero attached hydrogens (tertiary/aromatic N) is 2. The Hall–Kier alpha value is -2.11. The van der Waals surface area contributed by atoms with Gasteiger partial charge < -0.3 is 4.74 Å². The van der Waals surface area contributed by atoms with Crippen molar-refractivity contribution in [1.82, 2.24) is 9.97 Å². The fourth-order valence-corrected chi connectivity index (χ4v) is 1.95. The van der Waals surface area contributed by atoms with Crippen molar-refractivity contribution in [3.8, 4) is 17.3 Å². The van der Waals surface area contributed by atoms with Crippen molar-refractivity contribution in [2.75, 3.05) is 6.61 Å². The van der Waals surface area contributed by atoms with E-state index in [2.05, 4.69) is 16.9 Å². The van der Waals surface area contributed by atoms with Gasteiger partial charge in [-0.2, -0.15) is 4.98 Å². The monoisotopic (exact) mass is 310 g/mol. The van der Waals surface area contributed by atoms with Crippen LogP contribution in [0.3, 0.4) is 0 Å². The number of unbranched alkanes of at least 4 members (excludes halogenated alkanes) is 3. The summed E-state index contributed by atoms with van der Waals surface area (Å²) >= 11 is 0. The van der Waals surface area contributed by atoms with Gasteiger partial charge in [0.15, 0.2) is 23.3 Å². The zero-order chi connectivity index (χ0) is 15.9. The average Bonchev–Trinajstić information content (AvgIpc) is 2.52. The third-order valence-corrected chi connectivity index (χ3v) is 3.12. The molecule has 1 aromatic heterocycles. The van der Waals surface area contributed by atoms with Crippen LogP contribution >= 0.6 is 0 Å². The van der Waals surface area contributed by atoms with Gasteiger partial charge in [-0.25, -0.2) is 18.2 Å². The maximum Gasteiger partial charge on any atom is 0.216 e. The molecule has 0 aliphatic carbocycles. The molecule has 0 amide bonds. The Balaban J connectivity index is 2.08. The van der Waals surface area contributed by atoms with Crippen LogP contribution in [-0.4, -0.2) is 16.6 Å². The molecule has 6 heteroatoms. The van der Waals surface area contributed by atoms with E-state index in [1.54, 1.807) is 6.07 Å². The average molecular weight is 310 g/mol. The second-order valence-corrected chi connectivity index (χ2v) is 4.88. The minimum atomic E-state index is -1.51. The number of rotatable bonds is 7. The largest absolute Gasteiger partial charge is 0.478 e. The van der Waals surface area contributed by atoms with E-state index in [9.17, 15) is 13.2 Å². The minimum absolute atomic E-state index is 0.0628. The fourth-order valence-electron chi connectivity index (χ4n) is 1.95. The quantitative estimate of drug-likeness (QED) is 0.557. The summed E-state index contributed by atoms with van der Waals surface area (Å²) < 4.78 is 44.9. The highest BCUT2D eigenvalue weighted by atomic mass is 19.2. The van der Waals surface area contributed by atoms with Crippen LogP contribution < -0.4 is 4.74 Å². The first kappa shape index (κ1) is 16.3. The predicted octanol–water partition coefficient (Wildman–Crippen LogP) is 4.52. The Kier molecular flexibility index (Phi) is 5.75. The molecular weight excluding hydrogens is 293 g/mol. The molecule has 0 bridgehead atoms. The van der Waals surface area contributed by atoms with Crippen molar-refractivity contribution in [2.24, 2.45) is 0 Å². The summed E-state index contributed by atoms with van der Waals surface area (Å²) in [5.41, 5.74) is 0.0628. The second-order valence-electron chi connectivity index (χ2n) is 4.88. The summed E-state index contributed by atoms with van der Waals surface area (Å²) in [6, 6.07) is 3.29. The van der Waals surface area contributed by atoms with E-state index >= 15 is 0 Å². The molecule has 2 aromatic rings. The van der Waals surface area contributed by atoms with Crippen molar-refractivity contribution >= 4 is 0 Å². The maximum absolute atomic E-state index is 13.2. The highest BCUT2D eigenvalue weighted by molar-refractivity contribution is 5.55. The fraction of sp³-hybridized carbons (Fsp3) is 0.375. The smallest absolute Gasteiger partial charge is 0.216 e. The maximum atomic E-state index is 13.2. The molecule has 2 rings (SSSR count). The molecule has 3 nitrogen and oxygen atoms in total. The zero-order valence-corrected chi connectivity index (χ0v) is 12.3. The zero-order valence-electron chi connectivity index (χ0n) is 12.3. The van der Waals surface area contributed by atoms with Crippen LogP contribution in [0.2, 0.25) is 0 Å². The SMILES string of the molecule is CCCCCCOc1ccnc(-c2cc(F)c(F)c(F)c2)n1. The van der Waals surface area contributed by atoms with Crippen molar-refractivity contribution in [3.63, 3.8) is 0 Å². The summed E-state index contributed by atoms with van der Waals surface area (Å²) in [4.78, 5) is 8.02. The van der Waals surface area contributed by atoms with Crippen molar-refractivity contribution in [3.05, 3.63) is 41.8 Å². The van der Waals surface area contributed by atoms with E-state index in [0.717, 1.165) is 37.8 Å². The van der Waals surface area contributed by atoms with Gasteiger partial charge in [-0.3, -0.25) is 0 Å². The molecule has 0 aliphatic heterocycles. The van der Waals surface area contributed by atoms with Gasteiger partial charge in [0.1, 0.15) is 0 Å². The van der Waals surface area contributed by atoms with Crippen molar-refractivity contribution in [1.29, 1.82) is 0 Å². The molecule has 0 aliphatic rings. The minimum Gasteiger partial charge on any atom is -0.478 e. The summed E-state index contributed by atoms with van der Waals surface area (Å²) in [6.07, 6.45) is 5.70. The number of benzene rings is 1. The molecule has 1 heterocycles. The van der Waals surface area contributed by atoms with Gasteiger partial charge in [0.05, 0.1) is 6.61 Å². The van der Waals surface area contributed by atoms with Crippen LogP contribution in [0.5, 0.6) is 5.88 Å². The molecule has 0 unspecified atom stereocenters. The first-order chi connectivity index (χ1) is 10.6. The first-order valence-electron chi connectivity index (χ1n) is 7.22. The van der Waals surface area contributed by atoms with Crippen LogP contribution in [0.1, 0.15) is 32.6 Å². The highest BCUT2D eigenvalue weighted by Crippen LogP contribution is 2.22. The molecule has 22 heavy (non-hydrogen) atoms. The Morgan fingerprint density at radius 1 is 1.05 bits per heavy atom. The molecule has 0 spiro atoms. The third kappa shape index (κ3) is 4.19. The Labute approximate surface area is 127 Å². The van der Waals surface area contributed by atoms with Gasteiger partial charge in [0.2, 0.25) is 5.88 Å². The lowest BCUT2D eigenvalue weighted by atomic mass is 10.2. The van der Waals surface area contributed by atoms with Gasteiger partial charge in [0.25, 0.3) is 0 Å². The molecule has 0 radical (unpaired) electrons. The molecular formula is C16H17F3N2O. The van der Waals surface area contributed by atoms with E-state index in [1.807, 2.05) is 0 Å². The van der Waals surface area contributed by atoms with Gasteiger partial charge in [-0.05, 0) is 18.6 Å². The molecule has 1 aromatic carbocycles. The Morgan fingerprint density at radius 3 is 2.45 bits per heavy atom. The van der Waals surface area contributed by atoms with Crippen LogP contribution in [-0.2, 0) is 0 Å². The lowest BCUT2D eigenvalue weighted by Crippen LogP contribution is -2.01. The summed E-state index contributed by atoms with van der Waals surface area (Å²) in [5, 5.41) is 0. The van der Waals surface area contributed by atoms with Crippen LogP contribution in [0.4, 0.5) is 13.2 Å².